The number of non-ortho nitro benzene ring substituents is 1. The third kappa shape index (κ3) is 3.67. The molecule has 8 heteroatoms. The molecular formula is C17H10ClFN2O4. The van der Waals surface area contributed by atoms with Crippen LogP contribution in [0.2, 0.25) is 5.02 Å². The van der Waals surface area contributed by atoms with Gasteiger partial charge in [-0.15, -0.1) is 0 Å². The maximum Gasteiger partial charge on any atom is 0.291 e. The van der Waals surface area contributed by atoms with Gasteiger partial charge in [0.05, 0.1) is 9.95 Å². The van der Waals surface area contributed by atoms with Crippen LogP contribution < -0.4 is 5.32 Å². The maximum atomic E-state index is 13.2. The number of nitrogens with zero attached hydrogens (tertiary/aromatic N) is 1. The molecule has 126 valence electrons. The van der Waals surface area contributed by atoms with Crippen molar-refractivity contribution in [3.63, 3.8) is 0 Å². The lowest BCUT2D eigenvalue weighted by atomic mass is 10.2. The second-order valence-electron chi connectivity index (χ2n) is 5.05. The molecule has 0 aliphatic rings. The molecule has 0 saturated carbocycles. The summed E-state index contributed by atoms with van der Waals surface area (Å²) in [6.07, 6.45) is 0. The molecule has 3 rings (SSSR count). The van der Waals surface area contributed by atoms with Gasteiger partial charge in [-0.25, -0.2) is 4.39 Å². The minimum atomic E-state index is -0.548. The normalized spacial score (nSPS) is 10.5. The second-order valence-corrected chi connectivity index (χ2v) is 5.46. The zero-order valence-electron chi connectivity index (χ0n) is 12.5. The molecule has 6 nitrogen and oxygen atoms in total. The lowest BCUT2D eigenvalue weighted by Gasteiger charge is -2.03. The molecule has 25 heavy (non-hydrogen) atoms. The van der Waals surface area contributed by atoms with E-state index in [9.17, 15) is 19.3 Å². The van der Waals surface area contributed by atoms with Crippen LogP contribution in [-0.4, -0.2) is 10.8 Å². The van der Waals surface area contributed by atoms with Crippen molar-refractivity contribution < 1.29 is 18.5 Å². The molecule has 0 saturated heterocycles. The van der Waals surface area contributed by atoms with Gasteiger partial charge in [0.2, 0.25) is 0 Å². The molecule has 1 N–H and O–H groups in total. The molecule has 0 radical (unpaired) electrons. The van der Waals surface area contributed by atoms with Gasteiger partial charge in [-0.2, -0.15) is 0 Å². The molecule has 0 bridgehead atoms. The van der Waals surface area contributed by atoms with E-state index >= 15 is 0 Å². The first-order valence-corrected chi connectivity index (χ1v) is 7.43. The van der Waals surface area contributed by atoms with Gasteiger partial charge < -0.3 is 9.73 Å². The number of rotatable bonds is 4. The van der Waals surface area contributed by atoms with Gasteiger partial charge in [-0.05, 0) is 42.5 Å². The van der Waals surface area contributed by atoms with E-state index < -0.39 is 16.6 Å². The van der Waals surface area contributed by atoms with Gasteiger partial charge in [0.1, 0.15) is 11.6 Å². The van der Waals surface area contributed by atoms with E-state index in [4.69, 9.17) is 16.0 Å². The van der Waals surface area contributed by atoms with Gasteiger partial charge in [0.25, 0.3) is 11.6 Å². The Morgan fingerprint density at radius 3 is 2.48 bits per heavy atom. The number of nitrogens with one attached hydrogen (secondary N) is 1. The molecule has 0 fully saturated rings. The molecule has 0 atom stereocenters. The summed E-state index contributed by atoms with van der Waals surface area (Å²) in [6, 6.07) is 12.5. The smallest absolute Gasteiger partial charge is 0.291 e. The summed E-state index contributed by atoms with van der Waals surface area (Å²) in [5.41, 5.74) is 0.839. The maximum absolute atomic E-state index is 13.2. The highest BCUT2D eigenvalue weighted by molar-refractivity contribution is 6.31. The van der Waals surface area contributed by atoms with Gasteiger partial charge in [-0.3, -0.25) is 14.9 Å². The molecule has 1 heterocycles. The number of furan rings is 1. The summed E-state index contributed by atoms with van der Waals surface area (Å²) in [5.74, 6) is -0.675. The van der Waals surface area contributed by atoms with Crippen LogP contribution in [-0.2, 0) is 0 Å². The number of amides is 1. The number of carbonyl (C=O) groups excluding carboxylic acids is 1. The molecule has 0 aliphatic carbocycles. The van der Waals surface area contributed by atoms with Gasteiger partial charge in [0, 0.05) is 23.4 Å². The minimum absolute atomic E-state index is 0.0359. The molecule has 1 aromatic heterocycles. The lowest BCUT2D eigenvalue weighted by molar-refractivity contribution is -0.384. The van der Waals surface area contributed by atoms with Crippen LogP contribution in [0.3, 0.4) is 0 Å². The Labute approximate surface area is 146 Å². The van der Waals surface area contributed by atoms with Crippen molar-refractivity contribution in [1.82, 2.24) is 0 Å². The van der Waals surface area contributed by atoms with E-state index in [1.54, 1.807) is 6.07 Å². The fourth-order valence-corrected chi connectivity index (χ4v) is 2.30. The predicted octanol–water partition coefficient (Wildman–Crippen LogP) is 4.90. The molecule has 1 amide bonds. The van der Waals surface area contributed by atoms with Crippen LogP contribution >= 0.6 is 11.6 Å². The zero-order chi connectivity index (χ0) is 18.0. The molecule has 0 aliphatic heterocycles. The number of benzene rings is 2. The van der Waals surface area contributed by atoms with Crippen LogP contribution in [0.15, 0.2) is 59.0 Å². The van der Waals surface area contributed by atoms with E-state index in [1.807, 2.05) is 0 Å². The van der Waals surface area contributed by atoms with E-state index in [2.05, 4.69) is 5.32 Å². The Balaban J connectivity index is 1.76. The van der Waals surface area contributed by atoms with Crippen molar-refractivity contribution >= 4 is 28.9 Å². The largest absolute Gasteiger partial charge is 0.451 e. The third-order valence-electron chi connectivity index (χ3n) is 3.37. The second kappa shape index (κ2) is 6.74. The van der Waals surface area contributed by atoms with Crippen molar-refractivity contribution in [2.24, 2.45) is 0 Å². The molecule has 2 aromatic carbocycles. The highest BCUT2D eigenvalue weighted by atomic mass is 35.5. The Morgan fingerprint density at radius 1 is 1.12 bits per heavy atom. The minimum Gasteiger partial charge on any atom is -0.451 e. The molecule has 0 unspecified atom stereocenters. The first-order chi connectivity index (χ1) is 11.9. The van der Waals surface area contributed by atoms with Crippen molar-refractivity contribution in [3.05, 3.63) is 81.3 Å². The monoisotopic (exact) mass is 360 g/mol. The fourth-order valence-electron chi connectivity index (χ4n) is 2.12. The Morgan fingerprint density at radius 2 is 1.84 bits per heavy atom. The molecular weight excluding hydrogens is 351 g/mol. The van der Waals surface area contributed by atoms with Crippen molar-refractivity contribution in [1.29, 1.82) is 0 Å². The van der Waals surface area contributed by atoms with Gasteiger partial charge in [0.15, 0.2) is 5.76 Å². The van der Waals surface area contributed by atoms with Crippen LogP contribution in [0, 0.1) is 15.9 Å². The summed E-state index contributed by atoms with van der Waals surface area (Å²) in [7, 11) is 0. The highest BCUT2D eigenvalue weighted by Crippen LogP contribution is 2.27. The lowest BCUT2D eigenvalue weighted by Crippen LogP contribution is -2.10. The molecule has 0 spiro atoms. The van der Waals surface area contributed by atoms with E-state index in [-0.39, 0.29) is 16.5 Å². The van der Waals surface area contributed by atoms with Crippen molar-refractivity contribution in [2.45, 2.75) is 0 Å². The first kappa shape index (κ1) is 16.7. The molecule has 3 aromatic rings. The standard InChI is InChI=1S/C17H10ClFN2O4/c18-13-9-10(1-6-14(13)19)15-7-8-16(25-15)17(22)20-11-2-4-12(5-3-11)21(23)24/h1-9H,(H,20,22). The first-order valence-electron chi connectivity index (χ1n) is 7.05. The van der Waals surface area contributed by atoms with Gasteiger partial charge >= 0.3 is 0 Å². The number of hydrogen-bond acceptors (Lipinski definition) is 4. The number of halogens is 2. The number of anilines is 1. The van der Waals surface area contributed by atoms with Crippen LogP contribution in [0.5, 0.6) is 0 Å². The summed E-state index contributed by atoms with van der Waals surface area (Å²) in [6.45, 7) is 0. The van der Waals surface area contributed by atoms with Gasteiger partial charge in [-0.1, -0.05) is 11.6 Å². The quantitative estimate of drug-likeness (QED) is 0.529. The van der Waals surface area contributed by atoms with Crippen LogP contribution in [0.25, 0.3) is 11.3 Å². The zero-order valence-corrected chi connectivity index (χ0v) is 13.3. The average Bonchev–Trinajstić information content (AvgIpc) is 3.08. The van der Waals surface area contributed by atoms with E-state index in [1.165, 1.54) is 48.5 Å². The number of nitro benzene ring substituents is 1. The van der Waals surface area contributed by atoms with Crippen molar-refractivity contribution in [2.75, 3.05) is 5.32 Å². The van der Waals surface area contributed by atoms with Crippen molar-refractivity contribution in [3.8, 4) is 11.3 Å². The Kier molecular flexibility index (Phi) is 4.49. The highest BCUT2D eigenvalue weighted by Gasteiger charge is 2.14. The van der Waals surface area contributed by atoms with Crippen LogP contribution in [0.4, 0.5) is 15.8 Å². The number of carbonyl (C=O) groups is 1. The summed E-state index contributed by atoms with van der Waals surface area (Å²) >= 11 is 5.73. The topological polar surface area (TPSA) is 85.4 Å². The Hall–Kier alpha value is -3.19. The summed E-state index contributed by atoms with van der Waals surface area (Å²) in [5, 5.41) is 13.1. The SMILES string of the molecule is O=C(Nc1ccc([N+](=O)[O-])cc1)c1ccc(-c2ccc(F)c(Cl)c2)o1. The third-order valence-corrected chi connectivity index (χ3v) is 3.66. The number of hydrogen-bond donors (Lipinski definition) is 1. The summed E-state index contributed by atoms with van der Waals surface area (Å²) < 4.78 is 18.7. The fraction of sp³-hybridized carbons (Fsp3) is 0. The van der Waals surface area contributed by atoms with Crippen LogP contribution in [0.1, 0.15) is 10.6 Å². The predicted molar refractivity (Wildman–Crippen MR) is 90.2 cm³/mol. The van der Waals surface area contributed by atoms with E-state index in [0.717, 1.165) is 0 Å². The summed E-state index contributed by atoms with van der Waals surface area (Å²) in [4.78, 5) is 22.3. The average molecular weight is 361 g/mol. The number of nitro groups is 1. The Bertz CT molecular complexity index is 954. The van der Waals surface area contributed by atoms with E-state index in [0.29, 0.717) is 17.0 Å².